The number of anilines is 2. The molecule has 1 saturated carbocycles. The molecule has 3 aliphatic rings. The Bertz CT molecular complexity index is 801. The van der Waals surface area contributed by atoms with Gasteiger partial charge in [-0.05, 0) is 25.0 Å². The lowest BCUT2D eigenvalue weighted by Gasteiger charge is -2.19. The zero-order chi connectivity index (χ0) is 18.3. The summed E-state index contributed by atoms with van der Waals surface area (Å²) in [4.78, 5) is 41.8. The normalized spacial score (nSPS) is 25.2. The van der Waals surface area contributed by atoms with Crippen LogP contribution in [0.5, 0.6) is 0 Å². The van der Waals surface area contributed by atoms with Crippen molar-refractivity contribution in [1.29, 1.82) is 0 Å². The van der Waals surface area contributed by atoms with Crippen LogP contribution >= 0.6 is 11.8 Å². The number of amides is 2. The summed E-state index contributed by atoms with van der Waals surface area (Å²) < 4.78 is 0. The van der Waals surface area contributed by atoms with E-state index in [9.17, 15) is 19.7 Å². The quantitative estimate of drug-likeness (QED) is 0.495. The number of carbonyl (C=O) groups excluding carboxylic acids is 2. The molecule has 136 valence electrons. The van der Waals surface area contributed by atoms with Crippen LogP contribution in [0.1, 0.15) is 25.7 Å². The van der Waals surface area contributed by atoms with Crippen LogP contribution in [0.4, 0.5) is 17.1 Å². The summed E-state index contributed by atoms with van der Waals surface area (Å²) in [6.45, 7) is 0.679. The van der Waals surface area contributed by atoms with E-state index in [-0.39, 0.29) is 35.0 Å². The zero-order valence-corrected chi connectivity index (χ0v) is 14.8. The second kappa shape index (κ2) is 6.71. The molecule has 0 spiro atoms. The van der Waals surface area contributed by atoms with Crippen molar-refractivity contribution in [1.82, 2.24) is 0 Å². The number of amidine groups is 1. The SMILES string of the molecule is O=C1C2CCCCC2C(=O)N1c1ccc(NC2=NCCS2)c([N+](=O)[O-])c1. The van der Waals surface area contributed by atoms with Crippen molar-refractivity contribution in [3.05, 3.63) is 28.3 Å². The molecule has 2 unspecified atom stereocenters. The number of carbonyl (C=O) groups is 2. The highest BCUT2D eigenvalue weighted by Crippen LogP contribution is 2.41. The van der Waals surface area contributed by atoms with E-state index in [1.54, 1.807) is 6.07 Å². The van der Waals surface area contributed by atoms with Crippen molar-refractivity contribution in [2.75, 3.05) is 22.5 Å². The van der Waals surface area contributed by atoms with E-state index in [0.29, 0.717) is 30.2 Å². The number of fused-ring (bicyclic) bond motifs is 1. The third kappa shape index (κ3) is 2.86. The van der Waals surface area contributed by atoms with Crippen molar-refractivity contribution < 1.29 is 14.5 Å². The molecule has 1 saturated heterocycles. The van der Waals surface area contributed by atoms with E-state index < -0.39 is 4.92 Å². The fourth-order valence-electron chi connectivity index (χ4n) is 3.86. The Morgan fingerprint density at radius 1 is 1.19 bits per heavy atom. The summed E-state index contributed by atoms with van der Waals surface area (Å²) in [6.07, 6.45) is 3.31. The van der Waals surface area contributed by atoms with Gasteiger partial charge in [0, 0.05) is 11.8 Å². The Morgan fingerprint density at radius 3 is 2.46 bits per heavy atom. The molecule has 26 heavy (non-hydrogen) atoms. The lowest BCUT2D eigenvalue weighted by Crippen LogP contribution is -2.30. The van der Waals surface area contributed by atoms with Crippen LogP contribution in [0.15, 0.2) is 23.2 Å². The first kappa shape index (κ1) is 17.0. The Labute approximate surface area is 154 Å². The molecule has 1 N–H and O–H groups in total. The number of nitro groups is 1. The monoisotopic (exact) mass is 374 g/mol. The third-order valence-corrected chi connectivity index (χ3v) is 6.00. The van der Waals surface area contributed by atoms with Crippen LogP contribution in [0.25, 0.3) is 0 Å². The second-order valence-electron chi connectivity index (χ2n) is 6.63. The van der Waals surface area contributed by atoms with Crippen LogP contribution in [-0.4, -0.2) is 34.2 Å². The minimum absolute atomic E-state index is 0.173. The summed E-state index contributed by atoms with van der Waals surface area (Å²) in [5.41, 5.74) is 0.407. The number of imide groups is 1. The van der Waals surface area contributed by atoms with E-state index in [0.717, 1.165) is 23.5 Å². The first-order valence-corrected chi connectivity index (χ1v) is 9.65. The van der Waals surface area contributed by atoms with Crippen molar-refractivity contribution in [2.24, 2.45) is 16.8 Å². The summed E-state index contributed by atoms with van der Waals surface area (Å²) in [6, 6.07) is 4.43. The summed E-state index contributed by atoms with van der Waals surface area (Å²) in [5, 5.41) is 15.1. The summed E-state index contributed by atoms with van der Waals surface area (Å²) in [5.74, 6) is -0.182. The summed E-state index contributed by atoms with van der Waals surface area (Å²) in [7, 11) is 0. The van der Waals surface area contributed by atoms with Crippen molar-refractivity contribution >= 4 is 45.8 Å². The highest BCUT2D eigenvalue weighted by atomic mass is 32.2. The predicted molar refractivity (Wildman–Crippen MR) is 99.4 cm³/mol. The Balaban J connectivity index is 1.66. The van der Waals surface area contributed by atoms with Gasteiger partial charge >= 0.3 is 0 Å². The van der Waals surface area contributed by atoms with Crippen molar-refractivity contribution in [3.8, 4) is 0 Å². The van der Waals surface area contributed by atoms with Gasteiger partial charge in [-0.3, -0.25) is 24.7 Å². The van der Waals surface area contributed by atoms with Gasteiger partial charge in [0.15, 0.2) is 5.17 Å². The number of rotatable bonds is 3. The number of hydrogen-bond donors (Lipinski definition) is 1. The molecule has 2 amide bonds. The van der Waals surface area contributed by atoms with Crippen molar-refractivity contribution in [3.63, 3.8) is 0 Å². The molecule has 1 aromatic rings. The Morgan fingerprint density at radius 2 is 1.88 bits per heavy atom. The minimum atomic E-state index is -0.510. The van der Waals surface area contributed by atoms with E-state index in [2.05, 4.69) is 10.3 Å². The number of benzene rings is 1. The van der Waals surface area contributed by atoms with Crippen LogP contribution in [0.2, 0.25) is 0 Å². The maximum Gasteiger partial charge on any atom is 0.294 e. The van der Waals surface area contributed by atoms with Gasteiger partial charge in [-0.25, -0.2) is 4.90 Å². The van der Waals surface area contributed by atoms with Crippen LogP contribution in [0.3, 0.4) is 0 Å². The van der Waals surface area contributed by atoms with Gasteiger partial charge in [-0.15, -0.1) is 0 Å². The van der Waals surface area contributed by atoms with Crippen LogP contribution < -0.4 is 10.2 Å². The van der Waals surface area contributed by atoms with E-state index in [4.69, 9.17) is 0 Å². The molecule has 0 bridgehead atoms. The number of nitrogens with zero attached hydrogens (tertiary/aromatic N) is 3. The average molecular weight is 374 g/mol. The molecular weight excluding hydrogens is 356 g/mol. The smallest absolute Gasteiger partial charge is 0.294 e. The van der Waals surface area contributed by atoms with Crippen LogP contribution in [-0.2, 0) is 9.59 Å². The first-order valence-electron chi connectivity index (χ1n) is 8.67. The van der Waals surface area contributed by atoms with E-state index in [1.165, 1.54) is 23.9 Å². The number of aliphatic imine (C=N–C) groups is 1. The molecule has 2 heterocycles. The molecule has 2 aliphatic heterocycles. The van der Waals surface area contributed by atoms with E-state index in [1.807, 2.05) is 0 Å². The zero-order valence-electron chi connectivity index (χ0n) is 14.0. The number of nitro benzene ring substituents is 1. The molecule has 9 heteroatoms. The fourth-order valence-corrected chi connectivity index (χ4v) is 4.60. The molecule has 2 fully saturated rings. The molecule has 8 nitrogen and oxygen atoms in total. The maximum absolute atomic E-state index is 12.7. The Kier molecular flexibility index (Phi) is 4.39. The minimum Gasteiger partial charge on any atom is -0.329 e. The number of thioether (sulfide) groups is 1. The van der Waals surface area contributed by atoms with Gasteiger partial charge in [0.25, 0.3) is 5.69 Å². The standard InChI is InChI=1S/C17H18N4O4S/c22-15-11-3-1-2-4-12(11)16(23)20(15)10-5-6-13(14(9-10)21(24)25)19-17-18-7-8-26-17/h5-6,9,11-12H,1-4,7-8H2,(H,18,19). The lowest BCUT2D eigenvalue weighted by atomic mass is 9.81. The highest BCUT2D eigenvalue weighted by Gasteiger charge is 2.49. The predicted octanol–water partition coefficient (Wildman–Crippen LogP) is 2.79. The maximum atomic E-state index is 12.7. The number of hydrogen-bond acceptors (Lipinski definition) is 7. The molecule has 2 atom stereocenters. The highest BCUT2D eigenvalue weighted by molar-refractivity contribution is 8.14. The second-order valence-corrected chi connectivity index (χ2v) is 7.71. The summed E-state index contributed by atoms with van der Waals surface area (Å²) >= 11 is 1.50. The van der Waals surface area contributed by atoms with E-state index >= 15 is 0 Å². The van der Waals surface area contributed by atoms with Gasteiger partial charge < -0.3 is 5.32 Å². The molecular formula is C17H18N4O4S. The van der Waals surface area contributed by atoms with Gasteiger partial charge in [0.1, 0.15) is 5.69 Å². The number of nitrogens with one attached hydrogen (secondary N) is 1. The van der Waals surface area contributed by atoms with Crippen molar-refractivity contribution in [2.45, 2.75) is 25.7 Å². The Hall–Kier alpha value is -2.42. The third-order valence-electron chi connectivity index (χ3n) is 5.10. The molecule has 1 aliphatic carbocycles. The average Bonchev–Trinajstić information content (AvgIpc) is 3.23. The topological polar surface area (TPSA) is 105 Å². The van der Waals surface area contributed by atoms with Gasteiger partial charge in [0.2, 0.25) is 11.8 Å². The first-order chi connectivity index (χ1) is 12.6. The van der Waals surface area contributed by atoms with Gasteiger partial charge in [-0.2, -0.15) is 0 Å². The van der Waals surface area contributed by atoms with Gasteiger partial charge in [0.05, 0.1) is 29.0 Å². The fraction of sp³-hybridized carbons (Fsp3) is 0.471. The molecule has 0 aromatic heterocycles. The largest absolute Gasteiger partial charge is 0.329 e. The molecule has 4 rings (SSSR count). The molecule has 0 radical (unpaired) electrons. The van der Waals surface area contributed by atoms with Gasteiger partial charge in [-0.1, -0.05) is 24.6 Å². The lowest BCUT2D eigenvalue weighted by molar-refractivity contribution is -0.383. The molecule has 1 aromatic carbocycles. The van der Waals surface area contributed by atoms with Crippen LogP contribution in [0, 0.1) is 22.0 Å².